The second-order valence-corrected chi connectivity index (χ2v) is 2.95. The van der Waals surface area contributed by atoms with Crippen molar-refractivity contribution in [2.24, 2.45) is 7.05 Å². The zero-order valence-electron chi connectivity index (χ0n) is 8.32. The van der Waals surface area contributed by atoms with E-state index in [1.807, 2.05) is 0 Å². The largest absolute Gasteiger partial charge is 0.505 e. The topological polar surface area (TPSA) is 106 Å². The molecule has 8 heteroatoms. The number of nitrogens with one attached hydrogen (secondary N) is 1. The van der Waals surface area contributed by atoms with Crippen LogP contribution in [0.2, 0.25) is 0 Å². The molecule has 2 N–H and O–H groups in total. The molecule has 0 saturated carbocycles. The van der Waals surface area contributed by atoms with Gasteiger partial charge in [-0.2, -0.15) is 4.80 Å². The van der Waals surface area contributed by atoms with Crippen molar-refractivity contribution in [3.05, 3.63) is 24.0 Å². The highest BCUT2D eigenvalue weighted by atomic mass is 16.3. The molecule has 2 aromatic rings. The Balaban J connectivity index is 2.18. The number of carbonyl (C=O) groups is 1. The molecule has 1 amide bonds. The van der Waals surface area contributed by atoms with Crippen LogP contribution < -0.4 is 5.32 Å². The number of amides is 1. The first-order valence-electron chi connectivity index (χ1n) is 4.35. The summed E-state index contributed by atoms with van der Waals surface area (Å²) < 4.78 is 0. The first kappa shape index (κ1) is 10.0. The van der Waals surface area contributed by atoms with Gasteiger partial charge in [0.15, 0.2) is 0 Å². The van der Waals surface area contributed by atoms with Gasteiger partial charge < -0.3 is 5.11 Å². The quantitative estimate of drug-likeness (QED) is 0.710. The predicted octanol–water partition coefficient (Wildman–Crippen LogP) is -0.437. The second kappa shape index (κ2) is 3.93. The number of anilines is 1. The van der Waals surface area contributed by atoms with E-state index in [4.69, 9.17) is 0 Å². The minimum atomic E-state index is -0.520. The third kappa shape index (κ3) is 1.95. The monoisotopic (exact) mass is 220 g/mol. The first-order chi connectivity index (χ1) is 7.66. The lowest BCUT2D eigenvalue weighted by molar-refractivity contribution is 0.102. The summed E-state index contributed by atoms with van der Waals surface area (Å²) in [5, 5.41) is 22.7. The summed E-state index contributed by atoms with van der Waals surface area (Å²) in [4.78, 5) is 16.5. The van der Waals surface area contributed by atoms with E-state index in [9.17, 15) is 9.90 Å². The number of hydrogen-bond acceptors (Lipinski definition) is 6. The van der Waals surface area contributed by atoms with Crippen LogP contribution in [0, 0.1) is 0 Å². The van der Waals surface area contributed by atoms with E-state index in [1.165, 1.54) is 23.3 Å². The highest BCUT2D eigenvalue weighted by Gasteiger charge is 2.12. The van der Waals surface area contributed by atoms with Gasteiger partial charge in [0.2, 0.25) is 0 Å². The summed E-state index contributed by atoms with van der Waals surface area (Å²) in [6.07, 6.45) is 2.58. The third-order valence-corrected chi connectivity index (χ3v) is 1.78. The van der Waals surface area contributed by atoms with Gasteiger partial charge in [-0.05, 0) is 11.3 Å². The first-order valence-corrected chi connectivity index (χ1v) is 4.35. The Labute approximate surface area is 89.9 Å². The molecule has 0 bridgehead atoms. The van der Waals surface area contributed by atoms with Crippen LogP contribution in [0.25, 0.3) is 0 Å². The van der Waals surface area contributed by atoms with Crippen molar-refractivity contribution in [3.63, 3.8) is 0 Å². The summed E-state index contributed by atoms with van der Waals surface area (Å²) in [5.41, 5.74) is 0.0995. The summed E-state index contributed by atoms with van der Waals surface area (Å²) in [7, 11) is 1.58. The van der Waals surface area contributed by atoms with Crippen LogP contribution in [0.4, 0.5) is 5.95 Å². The van der Waals surface area contributed by atoms with E-state index in [-0.39, 0.29) is 17.3 Å². The van der Waals surface area contributed by atoms with Crippen molar-refractivity contribution >= 4 is 11.9 Å². The van der Waals surface area contributed by atoms with Gasteiger partial charge in [0.25, 0.3) is 11.9 Å². The smallest absolute Gasteiger partial charge is 0.270 e. The summed E-state index contributed by atoms with van der Waals surface area (Å²) in [6.45, 7) is 0. The number of aromatic nitrogens is 5. The number of aromatic hydroxyl groups is 1. The average molecular weight is 220 g/mol. The minimum Gasteiger partial charge on any atom is -0.505 e. The van der Waals surface area contributed by atoms with Gasteiger partial charge in [0.1, 0.15) is 5.75 Å². The van der Waals surface area contributed by atoms with Crippen molar-refractivity contribution in [3.8, 4) is 5.75 Å². The second-order valence-electron chi connectivity index (χ2n) is 2.95. The predicted molar refractivity (Wildman–Crippen MR) is 52.7 cm³/mol. The number of aryl methyl sites for hydroxylation is 1. The molecule has 16 heavy (non-hydrogen) atoms. The molecule has 0 aromatic carbocycles. The Morgan fingerprint density at radius 2 is 2.38 bits per heavy atom. The summed E-state index contributed by atoms with van der Waals surface area (Å²) in [5.74, 6) is -0.652. The molecule has 0 spiro atoms. The number of rotatable bonds is 2. The zero-order chi connectivity index (χ0) is 11.5. The molecular formula is C8H8N6O2. The van der Waals surface area contributed by atoms with Crippen LogP contribution >= 0.6 is 0 Å². The molecule has 0 radical (unpaired) electrons. The number of hydrogen-bond donors (Lipinski definition) is 2. The number of pyridine rings is 1. The Morgan fingerprint density at radius 1 is 1.56 bits per heavy atom. The van der Waals surface area contributed by atoms with E-state index >= 15 is 0 Å². The fourth-order valence-electron chi connectivity index (χ4n) is 1.08. The van der Waals surface area contributed by atoms with E-state index in [0.717, 1.165) is 0 Å². The number of carbonyl (C=O) groups excluding carboxylic acids is 1. The molecule has 82 valence electrons. The van der Waals surface area contributed by atoms with Crippen LogP contribution in [0.5, 0.6) is 5.75 Å². The Bertz CT molecular complexity index is 523. The van der Waals surface area contributed by atoms with Crippen molar-refractivity contribution in [1.29, 1.82) is 0 Å². The molecule has 0 aliphatic heterocycles. The van der Waals surface area contributed by atoms with Crippen LogP contribution in [-0.2, 0) is 7.05 Å². The minimum absolute atomic E-state index is 0.0729. The third-order valence-electron chi connectivity index (χ3n) is 1.78. The van der Waals surface area contributed by atoms with Crippen molar-refractivity contribution in [2.75, 3.05) is 5.32 Å². The van der Waals surface area contributed by atoms with Gasteiger partial charge in [-0.3, -0.25) is 15.1 Å². The maximum absolute atomic E-state index is 11.6. The highest BCUT2D eigenvalue weighted by molar-refractivity contribution is 6.05. The SMILES string of the molecule is Cn1nnc(NC(=O)c2ccncc2O)n1. The fraction of sp³-hybridized carbons (Fsp3) is 0.125. The van der Waals surface area contributed by atoms with Crippen molar-refractivity contribution < 1.29 is 9.90 Å². The van der Waals surface area contributed by atoms with Crippen molar-refractivity contribution in [1.82, 2.24) is 25.2 Å². The fourth-order valence-corrected chi connectivity index (χ4v) is 1.08. The number of nitrogens with zero attached hydrogens (tertiary/aromatic N) is 5. The van der Waals surface area contributed by atoms with Crippen LogP contribution in [0.15, 0.2) is 18.5 Å². The van der Waals surface area contributed by atoms with E-state index < -0.39 is 5.91 Å². The van der Waals surface area contributed by atoms with Gasteiger partial charge >= 0.3 is 0 Å². The van der Waals surface area contributed by atoms with Crippen LogP contribution in [0.3, 0.4) is 0 Å². The van der Waals surface area contributed by atoms with Crippen molar-refractivity contribution in [2.45, 2.75) is 0 Å². The van der Waals surface area contributed by atoms with Gasteiger partial charge in [-0.1, -0.05) is 5.10 Å². The maximum Gasteiger partial charge on any atom is 0.270 e. The standard InChI is InChI=1S/C8H8N6O2/c1-14-12-8(11-13-14)10-7(16)5-2-3-9-4-6(5)15/h2-4,15H,1H3,(H,10,12,16). The van der Waals surface area contributed by atoms with Crippen LogP contribution in [0.1, 0.15) is 10.4 Å². The molecule has 0 aliphatic carbocycles. The molecule has 2 rings (SSSR count). The molecule has 2 heterocycles. The Morgan fingerprint density at radius 3 is 3.00 bits per heavy atom. The average Bonchev–Trinajstić information content (AvgIpc) is 2.64. The normalized spacial score (nSPS) is 10.1. The lowest BCUT2D eigenvalue weighted by atomic mass is 10.2. The summed E-state index contributed by atoms with van der Waals surface area (Å²) >= 11 is 0. The van der Waals surface area contributed by atoms with E-state index in [1.54, 1.807) is 7.05 Å². The molecule has 0 saturated heterocycles. The Kier molecular flexibility index (Phi) is 2.46. The van der Waals surface area contributed by atoms with Gasteiger partial charge in [0, 0.05) is 6.20 Å². The molecule has 0 fully saturated rings. The molecule has 2 aromatic heterocycles. The van der Waals surface area contributed by atoms with E-state index in [2.05, 4.69) is 25.7 Å². The zero-order valence-corrected chi connectivity index (χ0v) is 8.32. The molecule has 8 nitrogen and oxygen atoms in total. The molecule has 0 unspecified atom stereocenters. The summed E-state index contributed by atoms with van der Waals surface area (Å²) in [6, 6.07) is 1.39. The number of tetrazole rings is 1. The lowest BCUT2D eigenvalue weighted by Gasteiger charge is -2.01. The highest BCUT2D eigenvalue weighted by Crippen LogP contribution is 2.14. The Hall–Kier alpha value is -2.51. The molecular weight excluding hydrogens is 212 g/mol. The van der Waals surface area contributed by atoms with Crippen LogP contribution in [-0.4, -0.2) is 36.2 Å². The molecule has 0 atom stereocenters. The van der Waals surface area contributed by atoms with Gasteiger partial charge in [-0.15, -0.1) is 5.10 Å². The van der Waals surface area contributed by atoms with Gasteiger partial charge in [-0.25, -0.2) is 0 Å². The molecule has 0 aliphatic rings. The van der Waals surface area contributed by atoms with Gasteiger partial charge in [0.05, 0.1) is 18.8 Å². The van der Waals surface area contributed by atoms with E-state index in [0.29, 0.717) is 0 Å². The lowest BCUT2D eigenvalue weighted by Crippen LogP contribution is -2.13. The maximum atomic E-state index is 11.6.